The van der Waals surface area contributed by atoms with Crippen LogP contribution >= 0.6 is 34.5 Å². The van der Waals surface area contributed by atoms with Crippen LogP contribution in [0.25, 0.3) is 0 Å². The van der Waals surface area contributed by atoms with Crippen molar-refractivity contribution in [3.05, 3.63) is 20.8 Å². The second-order valence-corrected chi connectivity index (χ2v) is 2.46. The summed E-state index contributed by atoms with van der Waals surface area (Å²) in [4.78, 5) is 0. The fraction of sp³-hybridized carbons (Fsp3) is 0. The molecule has 0 nitrogen and oxygen atoms in total. The first-order chi connectivity index (χ1) is 3.30. The van der Waals surface area contributed by atoms with Crippen LogP contribution in [0.3, 0.4) is 0 Å². The molecule has 0 aliphatic heterocycles. The molecule has 48 valence electrons. The Morgan fingerprint density at radius 3 is 2.25 bits per heavy atom. The van der Waals surface area contributed by atoms with Gasteiger partial charge in [-0.25, -0.2) is 0 Å². The minimum atomic E-state index is 0. The van der Waals surface area contributed by atoms with Crippen molar-refractivity contribution >= 4 is 34.5 Å². The molecule has 1 heterocycles. The van der Waals surface area contributed by atoms with E-state index < -0.39 is 0 Å². The summed E-state index contributed by atoms with van der Waals surface area (Å²) in [6.45, 7) is 0. The van der Waals surface area contributed by atoms with Gasteiger partial charge >= 0.3 is 17.1 Å². The van der Waals surface area contributed by atoms with Gasteiger partial charge in [-0.1, -0.05) is 10.0 Å². The summed E-state index contributed by atoms with van der Waals surface area (Å²) in [6.07, 6.45) is 0. The molecule has 0 atom stereocenters. The predicted octanol–water partition coefficient (Wildman–Crippen LogP) is 2.85. The van der Waals surface area contributed by atoms with Gasteiger partial charge in [0.25, 0.3) is 0 Å². The summed E-state index contributed by atoms with van der Waals surface area (Å²) in [6, 6.07) is 0. The van der Waals surface area contributed by atoms with Crippen molar-refractivity contribution in [2.45, 2.75) is 0 Å². The number of thiophene rings is 1. The third-order valence-corrected chi connectivity index (χ3v) is 2.13. The van der Waals surface area contributed by atoms with Crippen LogP contribution < -0.4 is 0 Å². The summed E-state index contributed by atoms with van der Waals surface area (Å²) < 4.78 is 0. The maximum atomic E-state index is 5.47. The Labute approximate surface area is 72.3 Å². The molecular weight excluding hydrogens is 215 g/mol. The van der Waals surface area contributed by atoms with Gasteiger partial charge in [0.05, 0.1) is 0 Å². The molecule has 0 amide bonds. The van der Waals surface area contributed by atoms with Crippen LogP contribution in [0.5, 0.6) is 0 Å². The Morgan fingerprint density at radius 1 is 1.50 bits per heavy atom. The SMILES string of the molecule is Clc1[c-]scc1Cl.[Cu+]. The van der Waals surface area contributed by atoms with Crippen LogP contribution in [0, 0.1) is 5.38 Å². The minimum absolute atomic E-state index is 0. The Kier molecular flexibility index (Phi) is 4.13. The molecule has 0 N–H and O–H groups in total. The maximum absolute atomic E-state index is 5.47. The molecule has 0 saturated carbocycles. The number of rotatable bonds is 0. The van der Waals surface area contributed by atoms with E-state index in [0.717, 1.165) is 0 Å². The van der Waals surface area contributed by atoms with Crippen molar-refractivity contribution in [3.8, 4) is 0 Å². The van der Waals surface area contributed by atoms with Gasteiger partial charge in [-0.05, 0) is 0 Å². The first kappa shape index (κ1) is 8.80. The van der Waals surface area contributed by atoms with Gasteiger partial charge < -0.3 is 11.3 Å². The predicted molar refractivity (Wildman–Crippen MR) is 33.2 cm³/mol. The molecule has 0 radical (unpaired) electrons. The molecule has 1 rings (SSSR count). The van der Waals surface area contributed by atoms with E-state index >= 15 is 0 Å². The average molecular weight is 216 g/mol. The maximum Gasteiger partial charge on any atom is 1.00 e. The van der Waals surface area contributed by atoms with Gasteiger partial charge in [0.2, 0.25) is 0 Å². The van der Waals surface area contributed by atoms with Crippen LogP contribution in [0.15, 0.2) is 5.38 Å². The average Bonchev–Trinajstić information content (AvgIpc) is 1.91. The van der Waals surface area contributed by atoms with Gasteiger partial charge in [-0.2, -0.15) is 11.6 Å². The monoisotopic (exact) mass is 214 g/mol. The van der Waals surface area contributed by atoms with E-state index in [1.54, 1.807) is 5.38 Å². The zero-order chi connectivity index (χ0) is 5.28. The molecule has 0 bridgehead atoms. The quantitative estimate of drug-likeness (QED) is 0.461. The van der Waals surface area contributed by atoms with Gasteiger partial charge in [0.15, 0.2) is 0 Å². The summed E-state index contributed by atoms with van der Waals surface area (Å²) in [5.41, 5.74) is 0. The molecule has 0 aliphatic carbocycles. The van der Waals surface area contributed by atoms with Crippen LogP contribution in [0.1, 0.15) is 0 Å². The van der Waals surface area contributed by atoms with E-state index in [-0.39, 0.29) is 17.1 Å². The van der Waals surface area contributed by atoms with Gasteiger partial charge in [0.1, 0.15) is 0 Å². The summed E-state index contributed by atoms with van der Waals surface area (Å²) in [5, 5.41) is 5.59. The van der Waals surface area contributed by atoms with Gasteiger partial charge in [-0.3, -0.25) is 0 Å². The van der Waals surface area contributed by atoms with Crippen molar-refractivity contribution in [2.24, 2.45) is 0 Å². The Bertz CT molecular complexity index is 146. The number of hydrogen-bond donors (Lipinski definition) is 0. The van der Waals surface area contributed by atoms with Crippen LogP contribution in [-0.2, 0) is 17.1 Å². The van der Waals surface area contributed by atoms with Crippen LogP contribution in [0.4, 0.5) is 0 Å². The summed E-state index contributed by atoms with van der Waals surface area (Å²) in [5.74, 6) is 0. The largest absolute Gasteiger partial charge is 1.00 e. The first-order valence-electron chi connectivity index (χ1n) is 1.61. The van der Waals surface area contributed by atoms with E-state index in [4.69, 9.17) is 23.2 Å². The number of halogens is 2. The van der Waals surface area contributed by atoms with Crippen molar-refractivity contribution in [1.82, 2.24) is 0 Å². The Morgan fingerprint density at radius 2 is 2.12 bits per heavy atom. The molecule has 1 aromatic rings. The van der Waals surface area contributed by atoms with Crippen molar-refractivity contribution in [2.75, 3.05) is 0 Å². The minimum Gasteiger partial charge on any atom is -0.301 e. The number of hydrogen-bond acceptors (Lipinski definition) is 1. The summed E-state index contributed by atoms with van der Waals surface area (Å²) in [7, 11) is 0. The molecule has 8 heavy (non-hydrogen) atoms. The van der Waals surface area contributed by atoms with Gasteiger partial charge in [0, 0.05) is 0 Å². The molecule has 0 saturated heterocycles. The molecule has 1 aromatic heterocycles. The van der Waals surface area contributed by atoms with Crippen molar-refractivity contribution in [1.29, 1.82) is 0 Å². The smallest absolute Gasteiger partial charge is 0.301 e. The zero-order valence-corrected chi connectivity index (χ0v) is 6.81. The van der Waals surface area contributed by atoms with Gasteiger partial charge in [-0.15, -0.1) is 22.4 Å². The third-order valence-electron chi connectivity index (χ3n) is 0.521. The fourth-order valence-electron chi connectivity index (χ4n) is 0.233. The fourth-order valence-corrected chi connectivity index (χ4v) is 1.22. The van der Waals surface area contributed by atoms with Crippen LogP contribution in [0.2, 0.25) is 10.0 Å². The van der Waals surface area contributed by atoms with E-state index in [2.05, 4.69) is 5.38 Å². The molecule has 0 fully saturated rings. The van der Waals surface area contributed by atoms with E-state index in [0.29, 0.717) is 10.0 Å². The van der Waals surface area contributed by atoms with Crippen LogP contribution in [-0.4, -0.2) is 0 Å². The molecule has 0 aliphatic rings. The van der Waals surface area contributed by atoms with Crippen molar-refractivity contribution < 1.29 is 17.1 Å². The topological polar surface area (TPSA) is 0 Å². The third kappa shape index (κ3) is 1.96. The second kappa shape index (κ2) is 3.76. The van der Waals surface area contributed by atoms with Crippen molar-refractivity contribution in [3.63, 3.8) is 0 Å². The summed E-state index contributed by atoms with van der Waals surface area (Å²) >= 11 is 12.3. The Hall–Kier alpha value is 0.799. The first-order valence-corrected chi connectivity index (χ1v) is 3.24. The molecule has 4 heteroatoms. The van der Waals surface area contributed by atoms with E-state index in [1.165, 1.54) is 11.3 Å². The zero-order valence-electron chi connectivity index (χ0n) is 3.54. The molecule has 0 spiro atoms. The Balaban J connectivity index is 0.000000490. The molecule has 0 aromatic carbocycles. The van der Waals surface area contributed by atoms with E-state index in [1.807, 2.05) is 0 Å². The molecule has 0 unspecified atom stereocenters. The normalized spacial score (nSPS) is 8.25. The van der Waals surface area contributed by atoms with E-state index in [9.17, 15) is 0 Å². The standard InChI is InChI=1S/C4HCl2S.Cu/c5-3-1-7-2-4(3)6;/h1H;/q-1;+1. The second-order valence-electron chi connectivity index (χ2n) is 1.000. The molecular formula is C4HCl2CuS.